The average molecular weight is 924 g/mol. The van der Waals surface area contributed by atoms with Crippen molar-refractivity contribution < 1.29 is 46.7 Å². The number of phosphoric ester groups is 1. The van der Waals surface area contributed by atoms with Gasteiger partial charge in [-0.25, -0.2) is 4.57 Å². The lowest BCUT2D eigenvalue weighted by Crippen LogP contribution is -2.33. The van der Waals surface area contributed by atoms with Crippen LogP contribution in [0.1, 0.15) is 171 Å². The van der Waals surface area contributed by atoms with Gasteiger partial charge in [0.05, 0.1) is 59.3 Å². The van der Waals surface area contributed by atoms with Gasteiger partial charge < -0.3 is 30.2 Å². The van der Waals surface area contributed by atoms with Gasteiger partial charge in [-0.3, -0.25) is 28.0 Å². The van der Waals surface area contributed by atoms with Gasteiger partial charge in [-0.2, -0.15) is 0 Å². The Labute approximate surface area is 389 Å². The van der Waals surface area contributed by atoms with E-state index in [2.05, 4.69) is 36.7 Å². The fourth-order valence-electron chi connectivity index (χ4n) is 7.57. The number of phosphoric acid groups is 1. The van der Waals surface area contributed by atoms with Crippen LogP contribution in [-0.2, 0) is 32.5 Å². The summed E-state index contributed by atoms with van der Waals surface area (Å²) in [6.07, 6.45) is 15.6. The minimum atomic E-state index is -4.62. The van der Waals surface area contributed by atoms with E-state index in [0.29, 0.717) is 53.2 Å². The highest BCUT2D eigenvalue weighted by atomic mass is 31.2. The fourth-order valence-corrected chi connectivity index (χ4v) is 8.79. The van der Waals surface area contributed by atoms with E-state index in [9.17, 15) is 14.4 Å². The lowest BCUT2D eigenvalue weighted by Gasteiger charge is -2.28. The Bertz CT molecular complexity index is 1650. The lowest BCUT2D eigenvalue weighted by molar-refractivity contribution is -0.123. The van der Waals surface area contributed by atoms with Crippen LogP contribution in [0.3, 0.4) is 0 Å². The first-order valence-electron chi connectivity index (χ1n) is 23.9. The Hall–Kier alpha value is -4.42. The van der Waals surface area contributed by atoms with E-state index in [1.165, 1.54) is 0 Å². The molecule has 0 saturated heterocycles. The van der Waals surface area contributed by atoms with Gasteiger partial charge >= 0.3 is 7.82 Å². The molecule has 0 fully saturated rings. The van der Waals surface area contributed by atoms with Gasteiger partial charge in [-0.05, 0) is 37.5 Å². The third-order valence-corrected chi connectivity index (χ3v) is 12.7. The molecule has 3 atom stereocenters. The fraction of sp³-hybridized carbons (Fsp3) is 0.588. The first kappa shape index (κ1) is 54.9. The van der Waals surface area contributed by atoms with Gasteiger partial charge in [0.25, 0.3) is 0 Å². The second-order valence-electron chi connectivity index (χ2n) is 16.4. The first-order chi connectivity index (χ1) is 31.6. The first-order valence-corrected chi connectivity index (χ1v) is 25.4. The molecule has 14 heteroatoms. The molecule has 3 aromatic rings. The van der Waals surface area contributed by atoms with E-state index in [-0.39, 0.29) is 37.5 Å². The number of hydrogen-bond donors (Lipinski definition) is 3. The SMILES string of the molecule is CCCCCCCC(=O)NC(COP(=O)(OCC(NC(=O)CCCCCCC)c1ccccc1OC)OCC(NC(=O)CCCCCCC)c1ccccc1OC)c1ccccc1OC. The number of ether oxygens (including phenoxy) is 3. The third-order valence-electron chi connectivity index (χ3n) is 11.3. The number of rotatable bonds is 36. The number of carbonyl (C=O) groups excluding carboxylic acids is 3. The quantitative estimate of drug-likeness (QED) is 0.0378. The summed E-state index contributed by atoms with van der Waals surface area (Å²) in [7, 11) is -0.000761. The molecule has 0 aliphatic heterocycles. The molecule has 362 valence electrons. The molecule has 13 nitrogen and oxygen atoms in total. The molecular weight excluding hydrogens is 846 g/mol. The maximum atomic E-state index is 15.3. The van der Waals surface area contributed by atoms with Crippen LogP contribution in [0, 0.1) is 0 Å². The highest BCUT2D eigenvalue weighted by Gasteiger charge is 2.34. The zero-order valence-corrected chi connectivity index (χ0v) is 40.9. The Morgan fingerprint density at radius 3 is 0.954 bits per heavy atom. The van der Waals surface area contributed by atoms with Crippen molar-refractivity contribution in [1.29, 1.82) is 0 Å². The molecule has 3 unspecified atom stereocenters. The van der Waals surface area contributed by atoms with E-state index in [4.69, 9.17) is 27.8 Å². The van der Waals surface area contributed by atoms with E-state index in [1.807, 2.05) is 54.6 Å². The van der Waals surface area contributed by atoms with Crippen molar-refractivity contribution in [2.75, 3.05) is 41.2 Å². The monoisotopic (exact) mass is 924 g/mol. The summed E-state index contributed by atoms with van der Waals surface area (Å²) in [6, 6.07) is 19.3. The second kappa shape index (κ2) is 32.3. The topological polar surface area (TPSA) is 160 Å². The number of amides is 3. The van der Waals surface area contributed by atoms with E-state index in [1.54, 1.807) is 39.5 Å². The van der Waals surface area contributed by atoms with Gasteiger partial charge in [0, 0.05) is 36.0 Å². The summed E-state index contributed by atoms with van der Waals surface area (Å²) in [5.74, 6) is 0.926. The van der Waals surface area contributed by atoms with E-state index in [0.717, 1.165) is 96.3 Å². The van der Waals surface area contributed by atoms with Gasteiger partial charge in [0.1, 0.15) is 17.2 Å². The van der Waals surface area contributed by atoms with Gasteiger partial charge in [-0.15, -0.1) is 0 Å². The highest BCUT2D eigenvalue weighted by molar-refractivity contribution is 7.48. The normalized spacial score (nSPS) is 13.5. The molecule has 3 N–H and O–H groups in total. The average Bonchev–Trinajstić information content (AvgIpc) is 3.32. The minimum Gasteiger partial charge on any atom is -0.496 e. The summed E-state index contributed by atoms with van der Waals surface area (Å²) in [5, 5.41) is 9.23. The Morgan fingerprint density at radius 2 is 0.692 bits per heavy atom. The van der Waals surface area contributed by atoms with E-state index < -0.39 is 25.9 Å². The number of methoxy groups -OCH3 is 3. The van der Waals surface area contributed by atoms with Gasteiger partial charge in [-0.1, -0.05) is 152 Å². The molecule has 0 bridgehead atoms. The Balaban J connectivity index is 2.00. The number of hydrogen-bond acceptors (Lipinski definition) is 10. The van der Waals surface area contributed by atoms with Gasteiger partial charge in [0.2, 0.25) is 17.7 Å². The maximum absolute atomic E-state index is 15.3. The van der Waals surface area contributed by atoms with Crippen molar-refractivity contribution in [3.63, 3.8) is 0 Å². The van der Waals surface area contributed by atoms with Crippen LogP contribution in [0.5, 0.6) is 17.2 Å². The smallest absolute Gasteiger partial charge is 0.475 e. The largest absolute Gasteiger partial charge is 0.496 e. The standard InChI is InChI=1S/C51H78N3O10P/c1-7-10-13-16-19-34-49(55)52-43(40-28-22-25-31-46(40)59-4)37-62-65(58,63-38-44(41-29-23-26-32-47(41)60-5)53-50(56)35-20-17-14-11-8-2)64-39-45(42-30-24-27-33-48(42)61-6)54-51(57)36-21-18-15-12-9-3/h22-33,43-45H,7-21,34-39H2,1-6H3,(H,52,55)(H,53,56)(H,54,57). The number of unbranched alkanes of at least 4 members (excludes halogenated alkanes) is 12. The molecule has 0 spiro atoms. The summed E-state index contributed by atoms with van der Waals surface area (Å²) < 4.78 is 51.1. The van der Waals surface area contributed by atoms with Crippen LogP contribution >= 0.6 is 7.82 Å². The van der Waals surface area contributed by atoms with Crippen LogP contribution in [0.15, 0.2) is 72.8 Å². The molecule has 0 aliphatic rings. The minimum absolute atomic E-state index is 0.194. The number of nitrogens with one attached hydrogen (secondary N) is 3. The maximum Gasteiger partial charge on any atom is 0.475 e. The predicted octanol–water partition coefficient (Wildman–Crippen LogP) is 11.8. The highest BCUT2D eigenvalue weighted by Crippen LogP contribution is 2.52. The van der Waals surface area contributed by atoms with Crippen LogP contribution in [0.25, 0.3) is 0 Å². The van der Waals surface area contributed by atoms with E-state index >= 15 is 4.57 Å². The Kier molecular flexibility index (Phi) is 27.3. The number of para-hydroxylation sites is 3. The van der Waals surface area contributed by atoms with Crippen molar-refractivity contribution >= 4 is 25.5 Å². The van der Waals surface area contributed by atoms with Crippen molar-refractivity contribution in [3.8, 4) is 17.2 Å². The molecule has 65 heavy (non-hydrogen) atoms. The van der Waals surface area contributed by atoms with Gasteiger partial charge in [0.15, 0.2) is 0 Å². The van der Waals surface area contributed by atoms with Crippen molar-refractivity contribution in [2.45, 2.75) is 154 Å². The third kappa shape index (κ3) is 20.7. The van der Waals surface area contributed by atoms with Crippen LogP contribution < -0.4 is 30.2 Å². The lowest BCUT2D eigenvalue weighted by atomic mass is 10.1. The molecule has 0 heterocycles. The second-order valence-corrected chi connectivity index (χ2v) is 18.1. The molecule has 0 radical (unpaired) electrons. The summed E-state index contributed by atoms with van der Waals surface area (Å²) >= 11 is 0. The summed E-state index contributed by atoms with van der Waals surface area (Å²) in [4.78, 5) is 40.4. The molecule has 0 aromatic heterocycles. The molecule has 0 aliphatic carbocycles. The van der Waals surface area contributed by atoms with Crippen LogP contribution in [0.2, 0.25) is 0 Å². The Morgan fingerprint density at radius 1 is 0.431 bits per heavy atom. The summed E-state index contributed by atoms with van der Waals surface area (Å²) in [5.41, 5.74) is 1.83. The van der Waals surface area contributed by atoms with Crippen LogP contribution in [0.4, 0.5) is 0 Å². The van der Waals surface area contributed by atoms with Crippen LogP contribution in [-0.4, -0.2) is 58.9 Å². The molecule has 3 rings (SSSR count). The zero-order chi connectivity index (χ0) is 47.1. The summed E-state index contributed by atoms with van der Waals surface area (Å²) in [6.45, 7) is 5.46. The van der Waals surface area contributed by atoms with Crippen molar-refractivity contribution in [2.24, 2.45) is 0 Å². The number of benzene rings is 3. The molecule has 3 amide bonds. The molecular formula is C51H78N3O10P. The molecule has 3 aromatic carbocycles. The van der Waals surface area contributed by atoms with Crippen molar-refractivity contribution in [1.82, 2.24) is 16.0 Å². The van der Waals surface area contributed by atoms with Crippen molar-refractivity contribution in [3.05, 3.63) is 89.5 Å². The predicted molar refractivity (Wildman–Crippen MR) is 257 cm³/mol. The zero-order valence-electron chi connectivity index (χ0n) is 40.0. The number of carbonyl (C=O) groups is 3. The molecule has 0 saturated carbocycles.